The minimum Gasteiger partial charge on any atom is -0.0622 e. The van der Waals surface area contributed by atoms with Crippen LogP contribution in [0.4, 0.5) is 0 Å². The van der Waals surface area contributed by atoms with Gasteiger partial charge in [-0.15, -0.1) is 0 Å². The molecule has 0 heterocycles. The average molecular weight is 377 g/mol. The molecule has 0 nitrogen and oxygen atoms in total. The van der Waals surface area contributed by atoms with Crippen molar-refractivity contribution < 1.29 is 0 Å². The van der Waals surface area contributed by atoms with Crippen molar-refractivity contribution in [3.8, 4) is 22.3 Å². The van der Waals surface area contributed by atoms with E-state index >= 15 is 0 Å². The summed E-state index contributed by atoms with van der Waals surface area (Å²) in [6.45, 7) is 4.76. The first-order valence-corrected chi connectivity index (χ1v) is 10.5. The molecule has 0 saturated heterocycles. The lowest BCUT2D eigenvalue weighted by Crippen LogP contribution is -2.11. The van der Waals surface area contributed by atoms with Crippen LogP contribution < -0.4 is 0 Å². The van der Waals surface area contributed by atoms with E-state index in [1.807, 2.05) is 0 Å². The molecular formula is C29H28. The fourth-order valence-corrected chi connectivity index (χ4v) is 4.20. The summed E-state index contributed by atoms with van der Waals surface area (Å²) < 4.78 is 0. The van der Waals surface area contributed by atoms with Gasteiger partial charge in [-0.3, -0.25) is 0 Å². The SMILES string of the molecule is CC(Cc1ccccc1-c1ccccc1)C(C)c1ccccc1-c1ccccc1. The van der Waals surface area contributed by atoms with Crippen LogP contribution in [0.2, 0.25) is 0 Å². The maximum absolute atomic E-state index is 2.38. The summed E-state index contributed by atoms with van der Waals surface area (Å²) >= 11 is 0. The molecule has 0 spiro atoms. The smallest absolute Gasteiger partial charge is 0.0149 e. The second-order valence-corrected chi connectivity index (χ2v) is 7.95. The van der Waals surface area contributed by atoms with Gasteiger partial charge in [0.15, 0.2) is 0 Å². The van der Waals surface area contributed by atoms with Crippen LogP contribution >= 0.6 is 0 Å². The van der Waals surface area contributed by atoms with Crippen molar-refractivity contribution in [2.75, 3.05) is 0 Å². The molecule has 0 aliphatic carbocycles. The molecule has 0 aliphatic rings. The zero-order chi connectivity index (χ0) is 20.1. The lowest BCUT2D eigenvalue weighted by molar-refractivity contribution is 0.487. The Hall–Kier alpha value is -3.12. The highest BCUT2D eigenvalue weighted by Crippen LogP contribution is 2.36. The summed E-state index contributed by atoms with van der Waals surface area (Å²) in [6, 6.07) is 39.2. The molecule has 2 atom stereocenters. The van der Waals surface area contributed by atoms with Crippen LogP contribution in [0.5, 0.6) is 0 Å². The number of hydrogen-bond donors (Lipinski definition) is 0. The molecule has 4 rings (SSSR count). The predicted octanol–water partition coefficient (Wildman–Crippen LogP) is 8.00. The molecule has 2 unspecified atom stereocenters. The van der Waals surface area contributed by atoms with E-state index in [0.29, 0.717) is 11.8 Å². The molecular weight excluding hydrogens is 348 g/mol. The van der Waals surface area contributed by atoms with Crippen molar-refractivity contribution in [1.82, 2.24) is 0 Å². The Kier molecular flexibility index (Phi) is 5.91. The number of rotatable bonds is 6. The van der Waals surface area contributed by atoms with Gasteiger partial charge in [-0.05, 0) is 51.6 Å². The van der Waals surface area contributed by atoms with Gasteiger partial charge >= 0.3 is 0 Å². The normalized spacial score (nSPS) is 13.0. The Labute approximate surface area is 174 Å². The van der Waals surface area contributed by atoms with Crippen LogP contribution in [0.25, 0.3) is 22.3 Å². The van der Waals surface area contributed by atoms with Crippen molar-refractivity contribution >= 4 is 0 Å². The molecule has 0 radical (unpaired) electrons. The maximum atomic E-state index is 2.38. The van der Waals surface area contributed by atoms with Crippen molar-refractivity contribution in [2.45, 2.75) is 26.2 Å². The van der Waals surface area contributed by atoms with Crippen molar-refractivity contribution in [3.05, 3.63) is 120 Å². The standard InChI is InChI=1S/C29H28/c1-22(21-26-17-9-10-19-28(26)24-13-5-3-6-14-24)23(2)27-18-11-12-20-29(27)25-15-7-4-8-16-25/h3-20,22-23H,21H2,1-2H3. The second-order valence-electron chi connectivity index (χ2n) is 7.95. The van der Waals surface area contributed by atoms with Crippen molar-refractivity contribution in [2.24, 2.45) is 5.92 Å². The Balaban J connectivity index is 1.62. The first-order valence-electron chi connectivity index (χ1n) is 10.5. The molecule has 0 aromatic heterocycles. The minimum atomic E-state index is 0.468. The van der Waals surface area contributed by atoms with E-state index < -0.39 is 0 Å². The van der Waals surface area contributed by atoms with Crippen LogP contribution in [-0.2, 0) is 6.42 Å². The minimum absolute atomic E-state index is 0.468. The van der Waals surface area contributed by atoms with E-state index in [4.69, 9.17) is 0 Å². The van der Waals surface area contributed by atoms with Gasteiger partial charge in [-0.1, -0.05) is 123 Å². The second kappa shape index (κ2) is 8.92. The van der Waals surface area contributed by atoms with E-state index in [9.17, 15) is 0 Å². The largest absolute Gasteiger partial charge is 0.0622 e. The molecule has 0 N–H and O–H groups in total. The van der Waals surface area contributed by atoms with Gasteiger partial charge in [0.05, 0.1) is 0 Å². The molecule has 0 fully saturated rings. The van der Waals surface area contributed by atoms with E-state index in [-0.39, 0.29) is 0 Å². The highest BCUT2D eigenvalue weighted by Gasteiger charge is 2.19. The Bertz CT molecular complexity index is 1050. The third kappa shape index (κ3) is 4.32. The lowest BCUT2D eigenvalue weighted by Gasteiger charge is -2.24. The van der Waals surface area contributed by atoms with E-state index in [1.54, 1.807) is 0 Å². The summed E-state index contributed by atoms with van der Waals surface area (Å²) in [5.74, 6) is 1.000. The monoisotopic (exact) mass is 376 g/mol. The van der Waals surface area contributed by atoms with E-state index in [1.165, 1.54) is 33.4 Å². The maximum Gasteiger partial charge on any atom is -0.0149 e. The van der Waals surface area contributed by atoms with Crippen LogP contribution in [0.3, 0.4) is 0 Å². The van der Waals surface area contributed by atoms with Crippen LogP contribution in [0.15, 0.2) is 109 Å². The summed E-state index contributed by atoms with van der Waals surface area (Å²) in [4.78, 5) is 0. The molecule has 0 aliphatic heterocycles. The summed E-state index contributed by atoms with van der Waals surface area (Å²) in [5.41, 5.74) is 8.16. The van der Waals surface area contributed by atoms with Gasteiger partial charge in [-0.2, -0.15) is 0 Å². The van der Waals surface area contributed by atoms with Gasteiger partial charge < -0.3 is 0 Å². The number of hydrogen-bond acceptors (Lipinski definition) is 0. The zero-order valence-corrected chi connectivity index (χ0v) is 17.3. The third-order valence-electron chi connectivity index (χ3n) is 6.03. The first kappa shape index (κ1) is 19.2. The fraction of sp³-hybridized carbons (Fsp3) is 0.172. The Morgan fingerprint density at radius 1 is 0.517 bits per heavy atom. The van der Waals surface area contributed by atoms with Crippen molar-refractivity contribution in [3.63, 3.8) is 0 Å². The predicted molar refractivity (Wildman–Crippen MR) is 125 cm³/mol. The van der Waals surface area contributed by atoms with Crippen LogP contribution in [0, 0.1) is 5.92 Å². The lowest BCUT2D eigenvalue weighted by atomic mass is 9.80. The van der Waals surface area contributed by atoms with Gasteiger partial charge in [0.2, 0.25) is 0 Å². The fourth-order valence-electron chi connectivity index (χ4n) is 4.20. The topological polar surface area (TPSA) is 0 Å². The molecule has 29 heavy (non-hydrogen) atoms. The molecule has 144 valence electrons. The summed E-state index contributed by atoms with van der Waals surface area (Å²) in [5, 5.41) is 0. The van der Waals surface area contributed by atoms with Gasteiger partial charge in [-0.25, -0.2) is 0 Å². The third-order valence-corrected chi connectivity index (χ3v) is 6.03. The van der Waals surface area contributed by atoms with Gasteiger partial charge in [0.25, 0.3) is 0 Å². The number of benzene rings is 4. The molecule has 0 bridgehead atoms. The molecule has 0 saturated carbocycles. The molecule has 0 amide bonds. The van der Waals surface area contributed by atoms with Crippen LogP contribution in [0.1, 0.15) is 30.9 Å². The Morgan fingerprint density at radius 2 is 1.00 bits per heavy atom. The van der Waals surface area contributed by atoms with E-state index in [0.717, 1.165) is 6.42 Å². The van der Waals surface area contributed by atoms with E-state index in [2.05, 4.69) is 123 Å². The molecule has 4 aromatic carbocycles. The van der Waals surface area contributed by atoms with Crippen molar-refractivity contribution in [1.29, 1.82) is 0 Å². The highest BCUT2D eigenvalue weighted by atomic mass is 14.2. The summed E-state index contributed by atoms with van der Waals surface area (Å²) in [6.07, 6.45) is 1.06. The average Bonchev–Trinajstić information content (AvgIpc) is 2.80. The molecule has 4 aromatic rings. The van der Waals surface area contributed by atoms with Crippen LogP contribution in [-0.4, -0.2) is 0 Å². The summed E-state index contributed by atoms with van der Waals surface area (Å²) in [7, 11) is 0. The molecule has 0 heteroatoms. The first-order chi connectivity index (χ1) is 14.2. The van der Waals surface area contributed by atoms with Gasteiger partial charge in [0.1, 0.15) is 0 Å². The quantitative estimate of drug-likeness (QED) is 0.320. The van der Waals surface area contributed by atoms with Gasteiger partial charge in [0, 0.05) is 0 Å². The highest BCUT2D eigenvalue weighted by molar-refractivity contribution is 5.69. The Morgan fingerprint density at radius 3 is 1.66 bits per heavy atom. The zero-order valence-electron chi connectivity index (χ0n) is 17.3.